The van der Waals surface area contributed by atoms with Gasteiger partial charge in [0.25, 0.3) is 0 Å². The average molecular weight is 264 g/mol. The average Bonchev–Trinajstić information content (AvgIpc) is 2.89. The number of ether oxygens (including phenoxy) is 1. The van der Waals surface area contributed by atoms with Gasteiger partial charge < -0.3 is 4.74 Å². The molecule has 0 N–H and O–H groups in total. The molecular weight excluding hydrogens is 232 g/mol. The highest BCUT2D eigenvalue weighted by atomic mass is 16.5. The minimum absolute atomic E-state index is 0.586. The molecule has 2 aliphatic rings. The van der Waals surface area contributed by atoms with Crippen LogP contribution in [0.25, 0.3) is 0 Å². The molecule has 1 saturated heterocycles. The highest BCUT2D eigenvalue weighted by molar-refractivity contribution is 4.85. The van der Waals surface area contributed by atoms with Gasteiger partial charge in [0.1, 0.15) is 0 Å². The molecule has 2 rings (SSSR count). The summed E-state index contributed by atoms with van der Waals surface area (Å²) >= 11 is 0. The molecule has 0 radical (unpaired) electrons. The zero-order chi connectivity index (χ0) is 13.5. The fraction of sp³-hybridized carbons (Fsp3) is 0.889. The Labute approximate surface area is 119 Å². The molecule has 0 aromatic carbocycles. The molecule has 0 aromatic heterocycles. The van der Waals surface area contributed by atoms with Crippen LogP contribution in [0, 0.1) is 11.8 Å². The van der Waals surface area contributed by atoms with Crippen molar-refractivity contribution in [2.75, 3.05) is 0 Å². The molecule has 1 heterocycles. The maximum absolute atomic E-state index is 6.26. The predicted molar refractivity (Wildman–Crippen MR) is 82.3 cm³/mol. The standard InChI is InChI=1S/C18H32O/c1-3-5-6-8-15-9-11-16(12-10-15)18-14-13-17(19-18)7-4-2/h3,5,15-18H,4,6-14H2,1-2H3/b5-3+. The quantitative estimate of drug-likeness (QED) is 0.576. The van der Waals surface area contributed by atoms with E-state index in [4.69, 9.17) is 4.74 Å². The topological polar surface area (TPSA) is 9.23 Å². The van der Waals surface area contributed by atoms with E-state index < -0.39 is 0 Å². The second-order valence-corrected chi connectivity index (χ2v) is 6.59. The molecule has 1 nitrogen and oxygen atoms in total. The third-order valence-corrected chi connectivity index (χ3v) is 5.15. The first kappa shape index (κ1) is 15.1. The lowest BCUT2D eigenvalue weighted by Crippen LogP contribution is -2.26. The van der Waals surface area contributed by atoms with E-state index in [1.807, 2.05) is 0 Å². The van der Waals surface area contributed by atoms with Crippen LogP contribution in [0.5, 0.6) is 0 Å². The summed E-state index contributed by atoms with van der Waals surface area (Å²) in [4.78, 5) is 0. The molecule has 0 bridgehead atoms. The summed E-state index contributed by atoms with van der Waals surface area (Å²) in [6.07, 6.45) is 19.3. The molecular formula is C18H32O. The summed E-state index contributed by atoms with van der Waals surface area (Å²) in [7, 11) is 0. The summed E-state index contributed by atoms with van der Waals surface area (Å²) in [5.74, 6) is 1.86. The number of allylic oxidation sites excluding steroid dienone is 2. The van der Waals surface area contributed by atoms with Gasteiger partial charge in [0.15, 0.2) is 0 Å². The van der Waals surface area contributed by atoms with Crippen LogP contribution in [0.15, 0.2) is 12.2 Å². The molecule has 110 valence electrons. The SMILES string of the molecule is C/C=C/CCC1CCC(C2CCC(CCC)O2)CC1. The van der Waals surface area contributed by atoms with Crippen molar-refractivity contribution in [3.05, 3.63) is 12.2 Å². The van der Waals surface area contributed by atoms with Crippen LogP contribution in [-0.4, -0.2) is 12.2 Å². The van der Waals surface area contributed by atoms with Gasteiger partial charge in [0.2, 0.25) is 0 Å². The first-order valence-electron chi connectivity index (χ1n) is 8.60. The Kier molecular flexibility index (Phi) is 6.43. The van der Waals surface area contributed by atoms with E-state index in [1.54, 1.807) is 0 Å². The van der Waals surface area contributed by atoms with E-state index in [-0.39, 0.29) is 0 Å². The van der Waals surface area contributed by atoms with E-state index >= 15 is 0 Å². The van der Waals surface area contributed by atoms with Crippen molar-refractivity contribution in [3.63, 3.8) is 0 Å². The Bertz CT molecular complexity index is 263. The normalized spacial score (nSPS) is 36.1. The van der Waals surface area contributed by atoms with Gasteiger partial charge in [-0.3, -0.25) is 0 Å². The molecule has 2 unspecified atom stereocenters. The lowest BCUT2D eigenvalue weighted by atomic mass is 9.77. The van der Waals surface area contributed by atoms with Gasteiger partial charge in [-0.2, -0.15) is 0 Å². The van der Waals surface area contributed by atoms with Crippen molar-refractivity contribution in [1.29, 1.82) is 0 Å². The zero-order valence-corrected chi connectivity index (χ0v) is 12.9. The van der Waals surface area contributed by atoms with Gasteiger partial charge in [-0.25, -0.2) is 0 Å². The van der Waals surface area contributed by atoms with Crippen LogP contribution in [0.2, 0.25) is 0 Å². The Morgan fingerprint density at radius 1 is 1.00 bits per heavy atom. The molecule has 1 aliphatic carbocycles. The lowest BCUT2D eigenvalue weighted by molar-refractivity contribution is -0.00722. The summed E-state index contributed by atoms with van der Waals surface area (Å²) in [6, 6.07) is 0. The zero-order valence-electron chi connectivity index (χ0n) is 12.9. The Balaban J connectivity index is 1.66. The number of hydrogen-bond donors (Lipinski definition) is 0. The summed E-state index contributed by atoms with van der Waals surface area (Å²) in [6.45, 7) is 4.40. The van der Waals surface area contributed by atoms with E-state index in [2.05, 4.69) is 26.0 Å². The number of hydrogen-bond acceptors (Lipinski definition) is 1. The highest BCUT2D eigenvalue weighted by Crippen LogP contribution is 2.38. The second-order valence-electron chi connectivity index (χ2n) is 6.59. The van der Waals surface area contributed by atoms with Gasteiger partial charge in [-0.05, 0) is 63.7 Å². The molecule has 0 aromatic rings. The Hall–Kier alpha value is -0.300. The highest BCUT2D eigenvalue weighted by Gasteiger charge is 2.33. The van der Waals surface area contributed by atoms with Crippen LogP contribution in [0.1, 0.15) is 78.1 Å². The monoisotopic (exact) mass is 264 g/mol. The first-order valence-corrected chi connectivity index (χ1v) is 8.60. The molecule has 0 amide bonds. The number of rotatable bonds is 6. The predicted octanol–water partition coefficient (Wildman–Crippen LogP) is 5.50. The van der Waals surface area contributed by atoms with Crippen molar-refractivity contribution in [3.8, 4) is 0 Å². The van der Waals surface area contributed by atoms with E-state index in [1.165, 1.54) is 64.2 Å². The van der Waals surface area contributed by atoms with E-state index in [0.29, 0.717) is 12.2 Å². The van der Waals surface area contributed by atoms with Crippen LogP contribution >= 0.6 is 0 Å². The molecule has 1 aliphatic heterocycles. The molecule has 2 atom stereocenters. The van der Waals surface area contributed by atoms with Gasteiger partial charge >= 0.3 is 0 Å². The van der Waals surface area contributed by atoms with Crippen molar-refractivity contribution >= 4 is 0 Å². The van der Waals surface area contributed by atoms with Crippen LogP contribution in [-0.2, 0) is 4.74 Å². The van der Waals surface area contributed by atoms with Crippen LogP contribution in [0.4, 0.5) is 0 Å². The van der Waals surface area contributed by atoms with Crippen molar-refractivity contribution in [2.45, 2.75) is 90.3 Å². The fourth-order valence-electron chi connectivity index (χ4n) is 3.96. The lowest BCUT2D eigenvalue weighted by Gasteiger charge is -2.32. The summed E-state index contributed by atoms with van der Waals surface area (Å²) in [5.41, 5.74) is 0. The largest absolute Gasteiger partial charge is 0.375 e. The van der Waals surface area contributed by atoms with E-state index in [0.717, 1.165) is 11.8 Å². The van der Waals surface area contributed by atoms with Crippen LogP contribution in [0.3, 0.4) is 0 Å². The van der Waals surface area contributed by atoms with Crippen molar-refractivity contribution in [1.82, 2.24) is 0 Å². The van der Waals surface area contributed by atoms with Gasteiger partial charge in [0.05, 0.1) is 12.2 Å². The van der Waals surface area contributed by atoms with Gasteiger partial charge in [0, 0.05) is 0 Å². The van der Waals surface area contributed by atoms with E-state index in [9.17, 15) is 0 Å². The third-order valence-electron chi connectivity index (χ3n) is 5.15. The maximum atomic E-state index is 6.26. The fourth-order valence-corrected chi connectivity index (χ4v) is 3.96. The summed E-state index contributed by atoms with van der Waals surface area (Å²) < 4.78 is 6.26. The molecule has 2 fully saturated rings. The minimum Gasteiger partial charge on any atom is -0.375 e. The maximum Gasteiger partial charge on any atom is 0.0608 e. The smallest absolute Gasteiger partial charge is 0.0608 e. The van der Waals surface area contributed by atoms with Gasteiger partial charge in [-0.1, -0.05) is 38.3 Å². The van der Waals surface area contributed by atoms with Crippen molar-refractivity contribution in [2.24, 2.45) is 11.8 Å². The third kappa shape index (κ3) is 4.63. The minimum atomic E-state index is 0.586. The molecule has 1 saturated carbocycles. The molecule has 19 heavy (non-hydrogen) atoms. The van der Waals surface area contributed by atoms with Gasteiger partial charge in [-0.15, -0.1) is 0 Å². The summed E-state index contributed by atoms with van der Waals surface area (Å²) in [5, 5.41) is 0. The second kappa shape index (κ2) is 8.09. The first-order chi connectivity index (χ1) is 9.33. The molecule has 0 spiro atoms. The van der Waals surface area contributed by atoms with Crippen molar-refractivity contribution < 1.29 is 4.74 Å². The van der Waals surface area contributed by atoms with Crippen LogP contribution < -0.4 is 0 Å². The molecule has 1 heteroatoms. The Morgan fingerprint density at radius 3 is 2.47 bits per heavy atom. The Morgan fingerprint density at radius 2 is 1.79 bits per heavy atom.